The Labute approximate surface area is 91.4 Å². The van der Waals surface area contributed by atoms with Gasteiger partial charge in [0.25, 0.3) is 0 Å². The van der Waals surface area contributed by atoms with Gasteiger partial charge in [-0.05, 0) is 11.6 Å². The third-order valence-corrected chi connectivity index (χ3v) is 2.49. The maximum Gasteiger partial charge on any atom is 0.305 e. The first-order chi connectivity index (χ1) is 7.68. The number of hydrogen-bond acceptors (Lipinski definition) is 4. The molecule has 86 valence electrons. The summed E-state index contributed by atoms with van der Waals surface area (Å²) in [7, 11) is 0. The summed E-state index contributed by atoms with van der Waals surface area (Å²) in [6, 6.07) is 3.80. The van der Waals surface area contributed by atoms with E-state index in [4.69, 9.17) is 4.74 Å². The van der Waals surface area contributed by atoms with E-state index in [0.29, 0.717) is 25.3 Å². The zero-order chi connectivity index (χ0) is 11.5. The number of nitrogens with one attached hydrogen (secondary N) is 1. The Hall–Kier alpha value is -1.53. The van der Waals surface area contributed by atoms with Crippen LogP contribution in [0.2, 0.25) is 0 Å². The molecule has 0 spiro atoms. The van der Waals surface area contributed by atoms with Crippen LogP contribution in [-0.4, -0.2) is 24.7 Å². The molecule has 1 N–H and O–H groups in total. The molecule has 16 heavy (non-hydrogen) atoms. The SMILES string of the molecule is O=[N+]([O-])c1cc([C@@H]2COCCN2)ccc1F. The van der Waals surface area contributed by atoms with Crippen LogP contribution in [0, 0.1) is 15.9 Å². The highest BCUT2D eigenvalue weighted by Gasteiger charge is 2.20. The minimum absolute atomic E-state index is 0.104. The summed E-state index contributed by atoms with van der Waals surface area (Å²) in [5, 5.41) is 13.7. The monoisotopic (exact) mass is 226 g/mol. The number of hydrogen-bond donors (Lipinski definition) is 1. The van der Waals surface area contributed by atoms with Crippen LogP contribution in [0.25, 0.3) is 0 Å². The van der Waals surface area contributed by atoms with E-state index < -0.39 is 16.4 Å². The van der Waals surface area contributed by atoms with Crippen molar-refractivity contribution < 1.29 is 14.1 Å². The number of nitro benzene ring substituents is 1. The zero-order valence-corrected chi connectivity index (χ0v) is 8.48. The van der Waals surface area contributed by atoms with Crippen molar-refractivity contribution in [3.05, 3.63) is 39.7 Å². The minimum atomic E-state index is -0.814. The first kappa shape index (κ1) is 11.0. The van der Waals surface area contributed by atoms with Gasteiger partial charge in [0.2, 0.25) is 5.82 Å². The van der Waals surface area contributed by atoms with E-state index in [1.165, 1.54) is 12.1 Å². The van der Waals surface area contributed by atoms with Crippen LogP contribution in [0.3, 0.4) is 0 Å². The molecule has 6 heteroatoms. The number of ether oxygens (including phenoxy) is 1. The van der Waals surface area contributed by atoms with Gasteiger partial charge < -0.3 is 10.1 Å². The lowest BCUT2D eigenvalue weighted by molar-refractivity contribution is -0.387. The minimum Gasteiger partial charge on any atom is -0.378 e. The van der Waals surface area contributed by atoms with Crippen LogP contribution in [0.4, 0.5) is 10.1 Å². The van der Waals surface area contributed by atoms with Gasteiger partial charge in [0.1, 0.15) is 0 Å². The Balaban J connectivity index is 2.27. The molecule has 1 fully saturated rings. The molecular weight excluding hydrogens is 215 g/mol. The number of rotatable bonds is 2. The topological polar surface area (TPSA) is 64.4 Å². The third-order valence-electron chi connectivity index (χ3n) is 2.49. The van der Waals surface area contributed by atoms with E-state index in [-0.39, 0.29) is 6.04 Å². The van der Waals surface area contributed by atoms with Gasteiger partial charge in [0.15, 0.2) is 0 Å². The van der Waals surface area contributed by atoms with Crippen molar-refractivity contribution in [1.82, 2.24) is 5.32 Å². The Morgan fingerprint density at radius 1 is 1.56 bits per heavy atom. The highest BCUT2D eigenvalue weighted by molar-refractivity contribution is 5.37. The summed E-state index contributed by atoms with van der Waals surface area (Å²) in [5.41, 5.74) is 0.178. The molecule has 0 aromatic heterocycles. The van der Waals surface area contributed by atoms with Gasteiger partial charge in [0, 0.05) is 12.6 Å². The third kappa shape index (κ3) is 2.17. The van der Waals surface area contributed by atoms with Crippen molar-refractivity contribution in [3.8, 4) is 0 Å². The molecule has 0 radical (unpaired) electrons. The summed E-state index contributed by atoms with van der Waals surface area (Å²) in [5.74, 6) is -0.814. The fourth-order valence-corrected chi connectivity index (χ4v) is 1.67. The van der Waals surface area contributed by atoms with Crippen molar-refractivity contribution in [2.45, 2.75) is 6.04 Å². The van der Waals surface area contributed by atoms with Gasteiger partial charge in [0.05, 0.1) is 24.2 Å². The Morgan fingerprint density at radius 3 is 3.00 bits per heavy atom. The summed E-state index contributed by atoms with van der Waals surface area (Å²) in [6.07, 6.45) is 0. The molecule has 1 saturated heterocycles. The average Bonchev–Trinajstić information content (AvgIpc) is 2.30. The van der Waals surface area contributed by atoms with Gasteiger partial charge >= 0.3 is 5.69 Å². The van der Waals surface area contributed by atoms with Gasteiger partial charge in [-0.1, -0.05) is 6.07 Å². The number of halogens is 1. The summed E-state index contributed by atoms with van der Waals surface area (Å²) < 4.78 is 18.3. The van der Waals surface area contributed by atoms with E-state index in [0.717, 1.165) is 6.07 Å². The molecule has 5 nitrogen and oxygen atoms in total. The Bertz CT molecular complexity index is 405. The van der Waals surface area contributed by atoms with Gasteiger partial charge in [-0.25, -0.2) is 0 Å². The molecule has 1 aliphatic heterocycles. The molecular formula is C10H11FN2O3. The zero-order valence-electron chi connectivity index (χ0n) is 8.48. The molecule has 0 aliphatic carbocycles. The number of morpholine rings is 1. The van der Waals surface area contributed by atoms with Gasteiger partial charge in [-0.2, -0.15) is 4.39 Å². The van der Waals surface area contributed by atoms with Crippen LogP contribution in [0.15, 0.2) is 18.2 Å². The fourth-order valence-electron chi connectivity index (χ4n) is 1.67. The lowest BCUT2D eigenvalue weighted by atomic mass is 10.1. The highest BCUT2D eigenvalue weighted by Crippen LogP contribution is 2.23. The average molecular weight is 226 g/mol. The van der Waals surface area contributed by atoms with E-state index in [9.17, 15) is 14.5 Å². The van der Waals surface area contributed by atoms with Gasteiger partial charge in [-0.15, -0.1) is 0 Å². The molecule has 0 unspecified atom stereocenters. The first-order valence-corrected chi connectivity index (χ1v) is 4.93. The van der Waals surface area contributed by atoms with Crippen molar-refractivity contribution in [2.75, 3.05) is 19.8 Å². The van der Waals surface area contributed by atoms with E-state index in [2.05, 4.69) is 5.32 Å². The van der Waals surface area contributed by atoms with E-state index in [1.54, 1.807) is 0 Å². The molecule has 2 rings (SSSR count). The summed E-state index contributed by atoms with van der Waals surface area (Å²) in [4.78, 5) is 9.85. The van der Waals surface area contributed by atoms with Crippen LogP contribution < -0.4 is 5.32 Å². The fraction of sp³-hybridized carbons (Fsp3) is 0.400. The maximum atomic E-state index is 13.1. The maximum absolute atomic E-state index is 13.1. The van der Waals surface area contributed by atoms with Crippen molar-refractivity contribution in [3.63, 3.8) is 0 Å². The lowest BCUT2D eigenvalue weighted by Crippen LogP contribution is -2.34. The van der Waals surface area contributed by atoms with E-state index in [1.807, 2.05) is 0 Å². The number of benzene rings is 1. The second-order valence-electron chi connectivity index (χ2n) is 3.55. The Kier molecular flexibility index (Phi) is 3.12. The smallest absolute Gasteiger partial charge is 0.305 e. The van der Waals surface area contributed by atoms with Gasteiger partial charge in [-0.3, -0.25) is 10.1 Å². The molecule has 1 aromatic carbocycles. The van der Waals surface area contributed by atoms with Crippen molar-refractivity contribution in [2.24, 2.45) is 0 Å². The van der Waals surface area contributed by atoms with Crippen LogP contribution in [0.5, 0.6) is 0 Å². The molecule has 1 aromatic rings. The van der Waals surface area contributed by atoms with Crippen LogP contribution in [0.1, 0.15) is 11.6 Å². The normalized spacial score (nSPS) is 20.7. The molecule has 1 aliphatic rings. The summed E-state index contributed by atoms with van der Waals surface area (Å²) >= 11 is 0. The van der Waals surface area contributed by atoms with Crippen LogP contribution in [-0.2, 0) is 4.74 Å². The highest BCUT2D eigenvalue weighted by atomic mass is 19.1. The summed E-state index contributed by atoms with van der Waals surface area (Å²) in [6.45, 7) is 1.76. The second-order valence-corrected chi connectivity index (χ2v) is 3.55. The molecule has 0 amide bonds. The molecule has 0 saturated carbocycles. The standard InChI is InChI=1S/C10H11FN2O3/c11-8-2-1-7(5-10(8)13(14)15)9-6-16-4-3-12-9/h1-2,5,9,12H,3-4,6H2/t9-/m0/s1. The number of nitro groups is 1. The second kappa shape index (κ2) is 4.54. The quantitative estimate of drug-likeness (QED) is 0.611. The molecule has 1 heterocycles. The van der Waals surface area contributed by atoms with E-state index >= 15 is 0 Å². The predicted octanol–water partition coefficient (Wildman–Crippen LogP) is 1.39. The molecule has 1 atom stereocenters. The van der Waals surface area contributed by atoms with Crippen molar-refractivity contribution >= 4 is 5.69 Å². The predicted molar refractivity (Wildman–Crippen MR) is 54.6 cm³/mol. The molecule has 0 bridgehead atoms. The lowest BCUT2D eigenvalue weighted by Gasteiger charge is -2.23. The van der Waals surface area contributed by atoms with Crippen LogP contribution >= 0.6 is 0 Å². The Morgan fingerprint density at radius 2 is 2.38 bits per heavy atom. The number of nitrogens with zero attached hydrogens (tertiary/aromatic N) is 1. The van der Waals surface area contributed by atoms with Crippen molar-refractivity contribution in [1.29, 1.82) is 0 Å². The largest absolute Gasteiger partial charge is 0.378 e. The first-order valence-electron chi connectivity index (χ1n) is 4.93.